The highest BCUT2D eigenvalue weighted by Gasteiger charge is 2.39. The van der Waals surface area contributed by atoms with Crippen LogP contribution in [-0.2, 0) is 9.47 Å². The number of rotatable bonds is 7. The normalized spacial score (nSPS) is 21.0. The third-order valence-corrected chi connectivity index (χ3v) is 4.75. The zero-order valence-electron chi connectivity index (χ0n) is 17.2. The van der Waals surface area contributed by atoms with Crippen molar-refractivity contribution >= 4 is 5.97 Å². The first-order chi connectivity index (χ1) is 14.3. The molecule has 2 heterocycles. The van der Waals surface area contributed by atoms with Crippen molar-refractivity contribution in [2.45, 2.75) is 45.6 Å². The van der Waals surface area contributed by atoms with Crippen molar-refractivity contribution in [3.63, 3.8) is 0 Å². The van der Waals surface area contributed by atoms with Gasteiger partial charge in [-0.2, -0.15) is 0 Å². The molecule has 0 bridgehead atoms. The highest BCUT2D eigenvalue weighted by Crippen LogP contribution is 2.30. The number of aryl methyl sites for hydroxylation is 1. The number of benzene rings is 1. The molecule has 3 rings (SSSR count). The SMILES string of the molecule is Cc1cn([C@H]2C[C@@H](OC(=O)c3ccc(OCC(C)C)cc3)[C@@H](CO)O2)c(=O)[nH]c1=O. The van der Waals surface area contributed by atoms with Gasteiger partial charge in [0.05, 0.1) is 18.8 Å². The van der Waals surface area contributed by atoms with E-state index >= 15 is 0 Å². The lowest BCUT2D eigenvalue weighted by Crippen LogP contribution is -2.33. The third-order valence-electron chi connectivity index (χ3n) is 4.75. The molecule has 2 aromatic rings. The van der Waals surface area contributed by atoms with Gasteiger partial charge < -0.3 is 19.3 Å². The van der Waals surface area contributed by atoms with E-state index < -0.39 is 35.7 Å². The Hall–Kier alpha value is -2.91. The minimum absolute atomic E-state index is 0.165. The lowest BCUT2D eigenvalue weighted by atomic mass is 10.1. The average molecular weight is 418 g/mol. The van der Waals surface area contributed by atoms with Gasteiger partial charge in [0.15, 0.2) is 0 Å². The molecule has 162 valence electrons. The molecule has 9 heteroatoms. The molecule has 1 aliphatic rings. The summed E-state index contributed by atoms with van der Waals surface area (Å²) < 4.78 is 18.1. The van der Waals surface area contributed by atoms with Gasteiger partial charge in [0, 0.05) is 18.2 Å². The van der Waals surface area contributed by atoms with Gasteiger partial charge in [-0.05, 0) is 37.1 Å². The zero-order chi connectivity index (χ0) is 21.8. The van der Waals surface area contributed by atoms with E-state index in [9.17, 15) is 19.5 Å². The Kier molecular flexibility index (Phi) is 6.73. The van der Waals surface area contributed by atoms with Crippen LogP contribution in [0.1, 0.15) is 42.4 Å². The number of nitrogens with one attached hydrogen (secondary N) is 1. The van der Waals surface area contributed by atoms with Crippen LogP contribution in [0.4, 0.5) is 0 Å². The lowest BCUT2D eigenvalue weighted by molar-refractivity contribution is -0.0522. The van der Waals surface area contributed by atoms with E-state index in [1.807, 2.05) is 13.8 Å². The maximum Gasteiger partial charge on any atom is 0.338 e. The molecule has 0 aliphatic carbocycles. The standard InChI is InChI=1S/C21H26N2O7/c1-12(2)11-28-15-6-4-14(5-7-15)20(26)30-16-8-18(29-17(16)10-24)23-9-13(3)19(25)22-21(23)27/h4-7,9,12,16-18,24H,8,10-11H2,1-3H3,(H,22,25,27)/t16-,17-,18-/m1/s1. The van der Waals surface area contributed by atoms with Crippen LogP contribution < -0.4 is 16.0 Å². The van der Waals surface area contributed by atoms with E-state index in [2.05, 4.69) is 4.98 Å². The van der Waals surface area contributed by atoms with E-state index in [4.69, 9.17) is 14.2 Å². The molecule has 3 atom stereocenters. The first kappa shape index (κ1) is 21.8. The Morgan fingerprint density at radius 1 is 1.30 bits per heavy atom. The summed E-state index contributed by atoms with van der Waals surface area (Å²) in [5.74, 6) is 0.479. The van der Waals surface area contributed by atoms with Gasteiger partial charge in [0.25, 0.3) is 5.56 Å². The number of aliphatic hydroxyl groups excluding tert-OH is 1. The maximum absolute atomic E-state index is 12.5. The fourth-order valence-corrected chi connectivity index (χ4v) is 3.11. The largest absolute Gasteiger partial charge is 0.493 e. The number of carbonyl (C=O) groups is 1. The summed E-state index contributed by atoms with van der Waals surface area (Å²) in [5, 5.41) is 9.61. The first-order valence-electron chi connectivity index (χ1n) is 9.80. The Labute approximate surface area is 173 Å². The number of nitrogens with zero attached hydrogens (tertiary/aromatic N) is 1. The second kappa shape index (κ2) is 9.27. The van der Waals surface area contributed by atoms with Gasteiger partial charge in [0.2, 0.25) is 0 Å². The molecular formula is C21H26N2O7. The maximum atomic E-state index is 12.5. The van der Waals surface area contributed by atoms with Gasteiger partial charge in [0.1, 0.15) is 24.2 Å². The number of ether oxygens (including phenoxy) is 3. The minimum Gasteiger partial charge on any atom is -0.493 e. The number of aromatic amines is 1. The summed E-state index contributed by atoms with van der Waals surface area (Å²) in [5.41, 5.74) is -0.420. The fraction of sp³-hybridized carbons (Fsp3) is 0.476. The van der Waals surface area contributed by atoms with Crippen molar-refractivity contribution in [1.29, 1.82) is 0 Å². The van der Waals surface area contributed by atoms with E-state index in [1.54, 1.807) is 31.2 Å². The molecule has 1 saturated heterocycles. The van der Waals surface area contributed by atoms with Crippen LogP contribution in [0, 0.1) is 12.8 Å². The quantitative estimate of drug-likeness (QED) is 0.652. The van der Waals surface area contributed by atoms with Crippen molar-refractivity contribution in [1.82, 2.24) is 9.55 Å². The molecule has 0 radical (unpaired) electrons. The molecule has 2 N–H and O–H groups in total. The Bertz CT molecular complexity index is 994. The molecule has 1 aromatic heterocycles. The summed E-state index contributed by atoms with van der Waals surface area (Å²) in [7, 11) is 0. The second-order valence-electron chi connectivity index (χ2n) is 7.70. The number of hydrogen-bond acceptors (Lipinski definition) is 7. The van der Waals surface area contributed by atoms with Crippen LogP contribution in [-0.4, -0.2) is 46.0 Å². The summed E-state index contributed by atoms with van der Waals surface area (Å²) in [6.45, 7) is 5.85. The number of carbonyl (C=O) groups excluding carboxylic acids is 1. The molecule has 1 aromatic carbocycles. The smallest absolute Gasteiger partial charge is 0.338 e. The number of aromatic nitrogens is 2. The van der Waals surface area contributed by atoms with Crippen LogP contribution in [0.25, 0.3) is 0 Å². The van der Waals surface area contributed by atoms with E-state index in [0.717, 1.165) is 0 Å². The van der Waals surface area contributed by atoms with E-state index in [-0.39, 0.29) is 13.0 Å². The summed E-state index contributed by atoms with van der Waals surface area (Å²) >= 11 is 0. The van der Waals surface area contributed by atoms with E-state index in [1.165, 1.54) is 10.8 Å². The molecule has 30 heavy (non-hydrogen) atoms. The van der Waals surface area contributed by atoms with Crippen LogP contribution in [0.2, 0.25) is 0 Å². The number of hydrogen-bond donors (Lipinski definition) is 2. The Morgan fingerprint density at radius 3 is 2.63 bits per heavy atom. The summed E-state index contributed by atoms with van der Waals surface area (Å²) in [6, 6.07) is 6.60. The molecule has 9 nitrogen and oxygen atoms in total. The van der Waals surface area contributed by atoms with Crippen molar-refractivity contribution < 1.29 is 24.1 Å². The van der Waals surface area contributed by atoms with Crippen molar-refractivity contribution in [2.75, 3.05) is 13.2 Å². The average Bonchev–Trinajstić information content (AvgIpc) is 3.12. The molecular weight excluding hydrogens is 392 g/mol. The highest BCUT2D eigenvalue weighted by atomic mass is 16.6. The fourth-order valence-electron chi connectivity index (χ4n) is 3.11. The molecule has 0 unspecified atom stereocenters. The third kappa shape index (κ3) is 4.98. The molecule has 1 fully saturated rings. The highest BCUT2D eigenvalue weighted by molar-refractivity contribution is 5.89. The summed E-state index contributed by atoms with van der Waals surface area (Å²) in [6.07, 6.45) is -0.747. The summed E-state index contributed by atoms with van der Waals surface area (Å²) in [4.78, 5) is 38.4. The predicted molar refractivity (Wildman–Crippen MR) is 108 cm³/mol. The molecule has 0 saturated carbocycles. The number of esters is 1. The monoisotopic (exact) mass is 418 g/mol. The van der Waals surface area contributed by atoms with Crippen LogP contribution >= 0.6 is 0 Å². The molecule has 0 amide bonds. The van der Waals surface area contributed by atoms with Gasteiger partial charge in [-0.25, -0.2) is 9.59 Å². The van der Waals surface area contributed by atoms with Crippen LogP contribution in [0.5, 0.6) is 5.75 Å². The minimum atomic E-state index is -0.785. The van der Waals surface area contributed by atoms with E-state index in [0.29, 0.717) is 29.4 Å². The van der Waals surface area contributed by atoms with Gasteiger partial charge in [-0.3, -0.25) is 14.3 Å². The van der Waals surface area contributed by atoms with Crippen molar-refractivity contribution in [2.24, 2.45) is 5.92 Å². The molecule has 0 spiro atoms. The Balaban J connectivity index is 1.68. The van der Waals surface area contributed by atoms with Crippen molar-refractivity contribution in [3.05, 3.63) is 62.4 Å². The predicted octanol–water partition coefficient (Wildman–Crippen LogP) is 1.39. The lowest BCUT2D eigenvalue weighted by Gasteiger charge is -2.16. The van der Waals surface area contributed by atoms with Gasteiger partial charge in [-0.15, -0.1) is 0 Å². The van der Waals surface area contributed by atoms with Crippen molar-refractivity contribution in [3.8, 4) is 5.75 Å². The number of H-pyrrole nitrogens is 1. The van der Waals surface area contributed by atoms with Crippen LogP contribution in [0.15, 0.2) is 40.1 Å². The Morgan fingerprint density at radius 2 is 2.00 bits per heavy atom. The zero-order valence-corrected chi connectivity index (χ0v) is 17.2. The first-order valence-corrected chi connectivity index (χ1v) is 9.80. The topological polar surface area (TPSA) is 120 Å². The van der Waals surface area contributed by atoms with Gasteiger partial charge >= 0.3 is 11.7 Å². The second-order valence-corrected chi connectivity index (χ2v) is 7.70. The van der Waals surface area contributed by atoms with Crippen LogP contribution in [0.3, 0.4) is 0 Å². The van der Waals surface area contributed by atoms with Gasteiger partial charge in [-0.1, -0.05) is 13.8 Å². The molecule has 1 aliphatic heterocycles. The number of aliphatic hydroxyl groups is 1.